The van der Waals surface area contributed by atoms with Crippen LogP contribution >= 0.6 is 0 Å². The van der Waals surface area contributed by atoms with Gasteiger partial charge < -0.3 is 4.74 Å². The van der Waals surface area contributed by atoms with Gasteiger partial charge >= 0.3 is 6.03 Å². The van der Waals surface area contributed by atoms with Crippen molar-refractivity contribution in [3.63, 3.8) is 0 Å². The average Bonchev–Trinajstić information content (AvgIpc) is 2.84. The van der Waals surface area contributed by atoms with Gasteiger partial charge in [-0.3, -0.25) is 19.8 Å². The van der Waals surface area contributed by atoms with Crippen molar-refractivity contribution in [3.8, 4) is 0 Å². The van der Waals surface area contributed by atoms with Gasteiger partial charge in [0.2, 0.25) is 11.8 Å². The van der Waals surface area contributed by atoms with E-state index >= 15 is 0 Å². The van der Waals surface area contributed by atoms with Crippen LogP contribution in [0.15, 0.2) is 0 Å². The predicted octanol–water partition coefficient (Wildman–Crippen LogP) is 1.05. The Kier molecular flexibility index (Phi) is 3.89. The monoisotopic (exact) mass is 268 g/mol. The van der Waals surface area contributed by atoms with Crippen molar-refractivity contribution in [2.45, 2.75) is 45.6 Å². The van der Waals surface area contributed by atoms with E-state index in [1.54, 1.807) is 0 Å². The summed E-state index contributed by atoms with van der Waals surface area (Å²) in [6.07, 6.45) is 2.53. The summed E-state index contributed by atoms with van der Waals surface area (Å²) in [6, 6.07) is -0.626. The Morgan fingerprint density at radius 2 is 1.95 bits per heavy atom. The molecule has 106 valence electrons. The second-order valence-electron chi connectivity index (χ2n) is 5.23. The first-order valence-corrected chi connectivity index (χ1v) is 6.80. The zero-order valence-corrected chi connectivity index (χ0v) is 11.4. The Morgan fingerprint density at radius 1 is 1.32 bits per heavy atom. The minimum absolute atomic E-state index is 0.188. The van der Waals surface area contributed by atoms with Crippen LogP contribution in [0.3, 0.4) is 0 Å². The van der Waals surface area contributed by atoms with Crippen molar-refractivity contribution in [2.24, 2.45) is 5.41 Å². The first-order valence-electron chi connectivity index (χ1n) is 6.80. The molecule has 1 saturated heterocycles. The van der Waals surface area contributed by atoms with Crippen LogP contribution < -0.4 is 5.32 Å². The molecule has 1 aliphatic heterocycles. The number of urea groups is 1. The van der Waals surface area contributed by atoms with E-state index in [1.165, 1.54) is 0 Å². The summed E-state index contributed by atoms with van der Waals surface area (Å²) in [4.78, 5) is 37.4. The Labute approximate surface area is 112 Å². The first kappa shape index (κ1) is 14.0. The molecule has 1 heterocycles. The zero-order valence-electron chi connectivity index (χ0n) is 11.4. The summed E-state index contributed by atoms with van der Waals surface area (Å²) in [5.41, 5.74) is -1.01. The van der Waals surface area contributed by atoms with Gasteiger partial charge in [0.25, 0.3) is 0 Å². The van der Waals surface area contributed by atoms with Crippen LogP contribution in [0.2, 0.25) is 0 Å². The fraction of sp³-hybridized carbons (Fsp3) is 0.769. The number of carbonyl (C=O) groups excluding carboxylic acids is 3. The summed E-state index contributed by atoms with van der Waals surface area (Å²) in [5.74, 6) is -0.786. The lowest BCUT2D eigenvalue weighted by atomic mass is 9.82. The third kappa shape index (κ3) is 2.36. The number of nitrogens with zero attached hydrogens (tertiary/aromatic N) is 1. The second-order valence-corrected chi connectivity index (χ2v) is 5.23. The van der Waals surface area contributed by atoms with Gasteiger partial charge in [-0.05, 0) is 26.7 Å². The number of hydrogen-bond acceptors (Lipinski definition) is 4. The van der Waals surface area contributed by atoms with E-state index < -0.39 is 17.4 Å². The fourth-order valence-electron chi connectivity index (χ4n) is 2.91. The smallest absolute Gasteiger partial charge is 0.330 e. The third-order valence-corrected chi connectivity index (χ3v) is 3.90. The lowest BCUT2D eigenvalue weighted by Crippen LogP contribution is -2.64. The molecule has 1 aliphatic carbocycles. The summed E-state index contributed by atoms with van der Waals surface area (Å²) in [7, 11) is 0. The van der Waals surface area contributed by atoms with E-state index in [-0.39, 0.29) is 18.6 Å². The predicted molar refractivity (Wildman–Crippen MR) is 67.2 cm³/mol. The van der Waals surface area contributed by atoms with E-state index in [0.717, 1.165) is 17.7 Å². The highest BCUT2D eigenvalue weighted by Crippen LogP contribution is 2.41. The quantitative estimate of drug-likeness (QED) is 0.773. The molecule has 0 radical (unpaired) electrons. The molecule has 4 amide bonds. The van der Waals surface area contributed by atoms with Gasteiger partial charge in [0, 0.05) is 6.61 Å². The summed E-state index contributed by atoms with van der Waals surface area (Å²) >= 11 is 0. The van der Waals surface area contributed by atoms with Crippen LogP contribution in [-0.2, 0) is 14.3 Å². The van der Waals surface area contributed by atoms with E-state index in [1.807, 2.05) is 13.8 Å². The van der Waals surface area contributed by atoms with Gasteiger partial charge in [-0.25, -0.2) is 4.79 Å². The Hall–Kier alpha value is -1.43. The highest BCUT2D eigenvalue weighted by atomic mass is 16.5. The highest BCUT2D eigenvalue weighted by Gasteiger charge is 2.55. The van der Waals surface area contributed by atoms with Gasteiger partial charge in [-0.15, -0.1) is 0 Å². The molecule has 1 saturated carbocycles. The standard InChI is InChI=1S/C13H20N2O4/c1-3-19-9(2)8-15-11(17)13(6-4-5-7-13)10(16)14-12(15)18/h9H,3-8H2,1-2H3,(H,14,16,18). The lowest BCUT2D eigenvalue weighted by Gasteiger charge is -2.37. The van der Waals surface area contributed by atoms with Gasteiger partial charge in [0.05, 0.1) is 12.6 Å². The number of ether oxygens (including phenoxy) is 1. The minimum Gasteiger partial charge on any atom is -0.377 e. The number of barbiturate groups is 1. The van der Waals surface area contributed by atoms with Gasteiger partial charge in [-0.2, -0.15) is 0 Å². The first-order chi connectivity index (χ1) is 9.01. The summed E-state index contributed by atoms with van der Waals surface area (Å²) in [6.45, 7) is 4.38. The van der Waals surface area contributed by atoms with E-state index in [0.29, 0.717) is 19.4 Å². The maximum atomic E-state index is 12.5. The van der Waals surface area contributed by atoms with Gasteiger partial charge in [0.1, 0.15) is 5.41 Å². The van der Waals surface area contributed by atoms with Crippen molar-refractivity contribution in [1.82, 2.24) is 10.2 Å². The van der Waals surface area contributed by atoms with Crippen LogP contribution in [-0.4, -0.2) is 42.0 Å². The molecule has 0 aromatic heterocycles. The van der Waals surface area contributed by atoms with Crippen LogP contribution in [0.1, 0.15) is 39.5 Å². The highest BCUT2D eigenvalue weighted by molar-refractivity contribution is 6.19. The Morgan fingerprint density at radius 3 is 2.53 bits per heavy atom. The molecule has 6 heteroatoms. The molecule has 2 rings (SSSR count). The molecule has 1 N–H and O–H groups in total. The Balaban J connectivity index is 2.16. The zero-order chi connectivity index (χ0) is 14.0. The fourth-order valence-corrected chi connectivity index (χ4v) is 2.91. The third-order valence-electron chi connectivity index (χ3n) is 3.90. The summed E-state index contributed by atoms with van der Waals surface area (Å²) in [5, 5.41) is 2.31. The van der Waals surface area contributed by atoms with Crippen molar-refractivity contribution in [2.75, 3.05) is 13.2 Å². The number of nitrogens with one attached hydrogen (secondary N) is 1. The van der Waals surface area contributed by atoms with Crippen LogP contribution in [0, 0.1) is 5.41 Å². The van der Waals surface area contributed by atoms with Crippen molar-refractivity contribution in [1.29, 1.82) is 0 Å². The number of rotatable bonds is 4. The van der Waals surface area contributed by atoms with Crippen LogP contribution in [0.5, 0.6) is 0 Å². The minimum atomic E-state index is -1.01. The van der Waals surface area contributed by atoms with E-state index in [9.17, 15) is 14.4 Å². The number of hydrogen-bond donors (Lipinski definition) is 1. The largest absolute Gasteiger partial charge is 0.377 e. The van der Waals surface area contributed by atoms with Crippen molar-refractivity contribution < 1.29 is 19.1 Å². The van der Waals surface area contributed by atoms with E-state index in [4.69, 9.17) is 4.74 Å². The molecule has 19 heavy (non-hydrogen) atoms. The molecule has 1 unspecified atom stereocenters. The molecule has 0 bridgehead atoms. The summed E-state index contributed by atoms with van der Waals surface area (Å²) < 4.78 is 5.36. The molecular weight excluding hydrogens is 248 g/mol. The maximum absolute atomic E-state index is 12.5. The van der Waals surface area contributed by atoms with Crippen molar-refractivity contribution in [3.05, 3.63) is 0 Å². The normalized spacial score (nSPS) is 23.9. The molecular formula is C13H20N2O4. The average molecular weight is 268 g/mol. The SMILES string of the molecule is CCOC(C)CN1C(=O)NC(=O)C2(CCCC2)C1=O. The van der Waals surface area contributed by atoms with Crippen LogP contribution in [0.4, 0.5) is 4.79 Å². The Bertz CT molecular complexity index is 401. The molecule has 0 aromatic carbocycles. The lowest BCUT2D eigenvalue weighted by molar-refractivity contribution is -0.152. The number of amides is 4. The molecule has 1 atom stereocenters. The number of imide groups is 2. The van der Waals surface area contributed by atoms with E-state index in [2.05, 4.69) is 5.32 Å². The molecule has 6 nitrogen and oxygen atoms in total. The maximum Gasteiger partial charge on any atom is 0.330 e. The van der Waals surface area contributed by atoms with Crippen molar-refractivity contribution >= 4 is 17.8 Å². The number of carbonyl (C=O) groups is 3. The molecule has 0 aromatic rings. The molecule has 1 spiro atoms. The van der Waals surface area contributed by atoms with Gasteiger partial charge in [-0.1, -0.05) is 12.8 Å². The van der Waals surface area contributed by atoms with Gasteiger partial charge in [0.15, 0.2) is 0 Å². The molecule has 2 fully saturated rings. The molecule has 2 aliphatic rings. The topological polar surface area (TPSA) is 75.7 Å². The van der Waals surface area contributed by atoms with Crippen LogP contribution in [0.25, 0.3) is 0 Å². The second kappa shape index (κ2) is 5.28.